The number of benzene rings is 1. The highest BCUT2D eigenvalue weighted by Gasteiger charge is 2.33. The molecule has 1 fully saturated rings. The van der Waals surface area contributed by atoms with E-state index in [1.165, 1.54) is 12.1 Å². The second-order valence-corrected chi connectivity index (χ2v) is 7.50. The van der Waals surface area contributed by atoms with E-state index < -0.39 is 11.9 Å². The molecule has 0 amide bonds. The predicted octanol–water partition coefficient (Wildman–Crippen LogP) is 3.63. The summed E-state index contributed by atoms with van der Waals surface area (Å²) in [6, 6.07) is 6.45. The number of alkyl halides is 3. The van der Waals surface area contributed by atoms with E-state index in [-0.39, 0.29) is 5.82 Å². The number of aromatic nitrogens is 1. The van der Waals surface area contributed by atoms with E-state index in [1.807, 2.05) is 6.92 Å². The van der Waals surface area contributed by atoms with Gasteiger partial charge < -0.3 is 15.1 Å². The number of aliphatic imine (C=N–C) groups is 1. The maximum absolute atomic E-state index is 13.1. The summed E-state index contributed by atoms with van der Waals surface area (Å²) in [6.45, 7) is 6.09. The molecule has 10 heteroatoms. The lowest BCUT2D eigenvalue weighted by Gasteiger charge is -2.37. The predicted molar refractivity (Wildman–Crippen MR) is 107 cm³/mol. The van der Waals surface area contributed by atoms with Crippen LogP contribution in [0.4, 0.5) is 23.2 Å². The third kappa shape index (κ3) is 5.81. The zero-order chi connectivity index (χ0) is 20.9. The van der Waals surface area contributed by atoms with Gasteiger partial charge in [0.2, 0.25) is 0 Å². The van der Waals surface area contributed by atoms with Crippen LogP contribution in [0.15, 0.2) is 34.6 Å². The van der Waals surface area contributed by atoms with Crippen molar-refractivity contribution in [2.24, 2.45) is 4.99 Å². The van der Waals surface area contributed by atoms with Crippen LogP contribution in [0.3, 0.4) is 0 Å². The Morgan fingerprint density at radius 2 is 1.86 bits per heavy atom. The maximum atomic E-state index is 13.1. The molecule has 29 heavy (non-hydrogen) atoms. The summed E-state index contributed by atoms with van der Waals surface area (Å²) in [5, 5.41) is 4.71. The standard InChI is InChI=1S/C19H23F4N5S/c1-2-24-18(25-8-7-17-26-16(13-29-17)19(21,22)23)28-11-9-27(10-12-28)15-5-3-14(20)4-6-15/h3-6,13H,2,7-12H2,1H3,(H,24,25). The van der Waals surface area contributed by atoms with E-state index in [0.29, 0.717) is 24.5 Å². The van der Waals surface area contributed by atoms with E-state index in [9.17, 15) is 17.6 Å². The largest absolute Gasteiger partial charge is 0.434 e. The van der Waals surface area contributed by atoms with Crippen molar-refractivity contribution in [3.63, 3.8) is 0 Å². The second kappa shape index (κ2) is 9.43. The molecular formula is C19H23F4N5S. The van der Waals surface area contributed by atoms with Crippen molar-refractivity contribution in [2.75, 3.05) is 44.2 Å². The zero-order valence-corrected chi connectivity index (χ0v) is 16.9. The maximum Gasteiger partial charge on any atom is 0.434 e. The van der Waals surface area contributed by atoms with Crippen LogP contribution in [-0.4, -0.2) is 55.1 Å². The third-order valence-electron chi connectivity index (χ3n) is 4.54. The molecule has 0 saturated carbocycles. The summed E-state index contributed by atoms with van der Waals surface area (Å²) in [7, 11) is 0. The molecule has 0 atom stereocenters. The summed E-state index contributed by atoms with van der Waals surface area (Å²) in [5.41, 5.74) is 0.141. The Balaban J connectivity index is 1.55. The van der Waals surface area contributed by atoms with Gasteiger partial charge in [-0.3, -0.25) is 4.99 Å². The van der Waals surface area contributed by atoms with Gasteiger partial charge in [-0.05, 0) is 31.2 Å². The van der Waals surface area contributed by atoms with Crippen LogP contribution in [0.25, 0.3) is 0 Å². The Hall–Kier alpha value is -2.36. The van der Waals surface area contributed by atoms with E-state index >= 15 is 0 Å². The number of rotatable bonds is 5. The number of thiazole rings is 1. The van der Waals surface area contributed by atoms with Gasteiger partial charge in [0.25, 0.3) is 0 Å². The monoisotopic (exact) mass is 429 g/mol. The molecule has 1 N–H and O–H groups in total. The molecule has 1 aromatic heterocycles. The van der Waals surface area contributed by atoms with Crippen LogP contribution in [0.1, 0.15) is 17.6 Å². The number of nitrogens with one attached hydrogen (secondary N) is 1. The molecule has 1 aromatic carbocycles. The molecular weight excluding hydrogens is 406 g/mol. The second-order valence-electron chi connectivity index (χ2n) is 6.56. The van der Waals surface area contributed by atoms with Crippen molar-refractivity contribution in [3.05, 3.63) is 46.2 Å². The fourth-order valence-electron chi connectivity index (χ4n) is 3.07. The first kappa shape index (κ1) is 21.4. The molecule has 0 spiro atoms. The minimum absolute atomic E-state index is 0.253. The van der Waals surface area contributed by atoms with Gasteiger partial charge in [-0.1, -0.05) is 0 Å². The minimum Gasteiger partial charge on any atom is -0.368 e. The van der Waals surface area contributed by atoms with Crippen molar-refractivity contribution < 1.29 is 17.6 Å². The van der Waals surface area contributed by atoms with Gasteiger partial charge in [-0.2, -0.15) is 13.2 Å². The summed E-state index contributed by atoms with van der Waals surface area (Å²) >= 11 is 1.01. The average Bonchev–Trinajstić information content (AvgIpc) is 3.18. The highest BCUT2D eigenvalue weighted by Crippen LogP contribution is 2.30. The molecule has 0 unspecified atom stereocenters. The van der Waals surface area contributed by atoms with E-state index in [1.54, 1.807) is 12.1 Å². The van der Waals surface area contributed by atoms with E-state index in [2.05, 4.69) is 25.1 Å². The lowest BCUT2D eigenvalue weighted by molar-refractivity contribution is -0.140. The highest BCUT2D eigenvalue weighted by molar-refractivity contribution is 7.09. The summed E-state index contributed by atoms with van der Waals surface area (Å²) in [4.78, 5) is 12.5. The highest BCUT2D eigenvalue weighted by atomic mass is 32.1. The number of guanidine groups is 1. The molecule has 1 saturated heterocycles. The first-order valence-corrected chi connectivity index (χ1v) is 10.3. The lowest BCUT2D eigenvalue weighted by atomic mass is 10.2. The van der Waals surface area contributed by atoms with Crippen LogP contribution < -0.4 is 10.2 Å². The molecule has 0 bridgehead atoms. The number of anilines is 1. The Kier molecular flexibility index (Phi) is 6.94. The Labute approximate surface area is 171 Å². The van der Waals surface area contributed by atoms with Crippen molar-refractivity contribution in [1.29, 1.82) is 0 Å². The first-order chi connectivity index (χ1) is 13.9. The normalized spacial score (nSPS) is 15.7. The third-order valence-corrected chi connectivity index (χ3v) is 5.44. The van der Waals surface area contributed by atoms with Crippen LogP contribution in [0.2, 0.25) is 0 Å². The molecule has 0 radical (unpaired) electrons. The van der Waals surface area contributed by atoms with Gasteiger partial charge in [-0.15, -0.1) is 11.3 Å². The molecule has 158 valence electrons. The summed E-state index contributed by atoms with van der Waals surface area (Å²) in [6.07, 6.45) is -4.04. The Morgan fingerprint density at radius 3 is 2.45 bits per heavy atom. The topological polar surface area (TPSA) is 43.8 Å². The van der Waals surface area contributed by atoms with Crippen molar-refractivity contribution in [3.8, 4) is 0 Å². The number of hydrogen-bond donors (Lipinski definition) is 1. The van der Waals surface area contributed by atoms with E-state index in [4.69, 9.17) is 0 Å². The van der Waals surface area contributed by atoms with Crippen molar-refractivity contribution in [2.45, 2.75) is 19.5 Å². The van der Waals surface area contributed by atoms with Gasteiger partial charge in [0.15, 0.2) is 11.7 Å². The average molecular weight is 429 g/mol. The molecule has 5 nitrogen and oxygen atoms in total. The molecule has 3 rings (SSSR count). The fourth-order valence-corrected chi connectivity index (χ4v) is 3.86. The minimum atomic E-state index is -4.41. The van der Waals surface area contributed by atoms with Crippen LogP contribution >= 0.6 is 11.3 Å². The number of nitrogens with zero attached hydrogens (tertiary/aromatic N) is 4. The van der Waals surface area contributed by atoms with Crippen LogP contribution in [-0.2, 0) is 12.6 Å². The van der Waals surface area contributed by atoms with Gasteiger partial charge in [0.1, 0.15) is 5.82 Å². The van der Waals surface area contributed by atoms with Gasteiger partial charge in [-0.25, -0.2) is 9.37 Å². The SMILES string of the molecule is CCNC(=NCCc1nc(C(F)(F)F)cs1)N1CCN(c2ccc(F)cc2)CC1. The number of piperazine rings is 1. The van der Waals surface area contributed by atoms with Crippen LogP contribution in [0, 0.1) is 5.82 Å². The Bertz CT molecular complexity index is 811. The molecule has 2 heterocycles. The fraction of sp³-hybridized carbons (Fsp3) is 0.474. The Morgan fingerprint density at radius 1 is 1.17 bits per heavy atom. The number of halogens is 4. The quantitative estimate of drug-likeness (QED) is 0.448. The van der Waals surface area contributed by atoms with Gasteiger partial charge >= 0.3 is 6.18 Å². The van der Waals surface area contributed by atoms with Crippen molar-refractivity contribution >= 4 is 23.0 Å². The van der Waals surface area contributed by atoms with E-state index in [0.717, 1.165) is 54.5 Å². The molecule has 0 aliphatic carbocycles. The van der Waals surface area contributed by atoms with Crippen LogP contribution in [0.5, 0.6) is 0 Å². The first-order valence-electron chi connectivity index (χ1n) is 9.42. The van der Waals surface area contributed by atoms with Gasteiger partial charge in [0.05, 0.1) is 5.01 Å². The number of hydrogen-bond acceptors (Lipinski definition) is 4. The molecule has 1 aliphatic rings. The molecule has 2 aromatic rings. The zero-order valence-electron chi connectivity index (χ0n) is 16.0. The smallest absolute Gasteiger partial charge is 0.368 e. The summed E-state index contributed by atoms with van der Waals surface area (Å²) < 4.78 is 51.0. The summed E-state index contributed by atoms with van der Waals surface area (Å²) in [5.74, 6) is 0.496. The van der Waals surface area contributed by atoms with Crippen molar-refractivity contribution in [1.82, 2.24) is 15.2 Å². The van der Waals surface area contributed by atoms with Gasteiger partial charge in [0, 0.05) is 56.8 Å². The molecule has 1 aliphatic heterocycles. The lowest BCUT2D eigenvalue weighted by Crippen LogP contribution is -2.52.